The summed E-state index contributed by atoms with van der Waals surface area (Å²) in [5, 5.41) is 0.993. The number of ether oxygens (including phenoxy) is 1. The number of hydrogen-bond donors (Lipinski definition) is 0. The van der Waals surface area contributed by atoms with Crippen molar-refractivity contribution < 1.29 is 13.9 Å². The van der Waals surface area contributed by atoms with Crippen molar-refractivity contribution in [2.75, 3.05) is 7.11 Å². The van der Waals surface area contributed by atoms with Gasteiger partial charge in [-0.2, -0.15) is 0 Å². The molecule has 4 rings (SSSR count). The minimum Gasteiger partial charge on any atom is -0.465 e. The maximum atomic E-state index is 14.4. The van der Waals surface area contributed by atoms with E-state index in [-0.39, 0.29) is 5.56 Å². The maximum Gasteiger partial charge on any atom is 0.340 e. The van der Waals surface area contributed by atoms with Crippen molar-refractivity contribution in [2.45, 2.75) is 19.9 Å². The summed E-state index contributed by atoms with van der Waals surface area (Å²) in [6.45, 7) is 6.48. The average molecular weight is 392 g/mol. The Labute approximate surface area is 167 Å². The maximum absolute atomic E-state index is 14.4. The first kappa shape index (κ1) is 18.9. The van der Waals surface area contributed by atoms with Crippen LogP contribution in [0.4, 0.5) is 4.39 Å². The molecule has 3 heterocycles. The average Bonchev–Trinajstić information content (AvgIpc) is 3.24. The molecule has 0 radical (unpaired) electrons. The van der Waals surface area contributed by atoms with Crippen LogP contribution in [0.15, 0.2) is 43.0 Å². The standard InChI is InChI=1S/C22H21FN4O2/c1-5-9-27-19(10-13-7-8-14(6-2)24-20(13)27)21-25-17-11-15(22(28)29-4)16(23)12-18(17)26(21)3/h5,7-8,10-12H,1,6,9H2,2-4H3. The molecule has 0 saturated heterocycles. The zero-order valence-electron chi connectivity index (χ0n) is 16.6. The number of fused-ring (bicyclic) bond motifs is 2. The Morgan fingerprint density at radius 1 is 1.28 bits per heavy atom. The van der Waals surface area contributed by atoms with E-state index in [1.807, 2.05) is 34.4 Å². The Morgan fingerprint density at radius 2 is 2.07 bits per heavy atom. The minimum absolute atomic E-state index is 0.134. The Bertz CT molecular complexity index is 1270. The highest BCUT2D eigenvalue weighted by atomic mass is 19.1. The molecule has 6 nitrogen and oxygen atoms in total. The number of hydrogen-bond acceptors (Lipinski definition) is 4. The van der Waals surface area contributed by atoms with E-state index in [0.717, 1.165) is 28.8 Å². The van der Waals surface area contributed by atoms with E-state index < -0.39 is 11.8 Å². The molecule has 0 bridgehead atoms. The summed E-state index contributed by atoms with van der Waals surface area (Å²) in [5.74, 6) is -0.715. The molecule has 0 unspecified atom stereocenters. The van der Waals surface area contributed by atoms with Crippen LogP contribution in [0, 0.1) is 5.82 Å². The predicted molar refractivity (Wildman–Crippen MR) is 110 cm³/mol. The summed E-state index contributed by atoms with van der Waals surface area (Å²) in [7, 11) is 3.05. The van der Waals surface area contributed by atoms with E-state index in [0.29, 0.717) is 23.4 Å². The molecule has 0 aliphatic carbocycles. The molecule has 29 heavy (non-hydrogen) atoms. The van der Waals surface area contributed by atoms with Crippen molar-refractivity contribution in [3.8, 4) is 11.5 Å². The predicted octanol–water partition coefficient (Wildman–Crippen LogP) is 4.26. The normalized spacial score (nSPS) is 11.3. The summed E-state index contributed by atoms with van der Waals surface area (Å²) < 4.78 is 22.9. The van der Waals surface area contributed by atoms with E-state index in [4.69, 9.17) is 4.98 Å². The number of allylic oxidation sites excluding steroid dienone is 1. The number of carbonyl (C=O) groups excluding carboxylic acids is 1. The number of benzene rings is 1. The third-order valence-electron chi connectivity index (χ3n) is 5.08. The Hall–Kier alpha value is -3.48. The van der Waals surface area contributed by atoms with Crippen LogP contribution in [0.1, 0.15) is 23.0 Å². The van der Waals surface area contributed by atoms with E-state index in [9.17, 15) is 9.18 Å². The summed E-state index contributed by atoms with van der Waals surface area (Å²) >= 11 is 0. The van der Waals surface area contributed by atoms with Crippen LogP contribution in [0.5, 0.6) is 0 Å². The van der Waals surface area contributed by atoms with Crippen molar-refractivity contribution in [3.63, 3.8) is 0 Å². The fourth-order valence-corrected chi connectivity index (χ4v) is 3.57. The van der Waals surface area contributed by atoms with E-state index in [1.165, 1.54) is 19.2 Å². The number of aromatic nitrogens is 4. The van der Waals surface area contributed by atoms with Crippen molar-refractivity contribution in [2.24, 2.45) is 7.05 Å². The fourth-order valence-electron chi connectivity index (χ4n) is 3.57. The van der Waals surface area contributed by atoms with Crippen LogP contribution in [0.25, 0.3) is 33.6 Å². The molecule has 3 aromatic heterocycles. The number of aryl methyl sites for hydroxylation is 2. The second-order valence-electron chi connectivity index (χ2n) is 6.80. The first-order valence-electron chi connectivity index (χ1n) is 9.33. The number of pyridine rings is 1. The highest BCUT2D eigenvalue weighted by Crippen LogP contribution is 2.30. The second-order valence-corrected chi connectivity index (χ2v) is 6.80. The highest BCUT2D eigenvalue weighted by Gasteiger charge is 2.20. The Kier molecular flexibility index (Phi) is 4.66. The summed E-state index contributed by atoms with van der Waals surface area (Å²) in [5.41, 5.74) is 3.67. The van der Waals surface area contributed by atoms with Crippen LogP contribution in [-0.4, -0.2) is 32.2 Å². The van der Waals surface area contributed by atoms with Crippen LogP contribution < -0.4 is 0 Å². The van der Waals surface area contributed by atoms with Gasteiger partial charge in [0.2, 0.25) is 0 Å². The van der Waals surface area contributed by atoms with Gasteiger partial charge in [-0.3, -0.25) is 0 Å². The molecular formula is C22H21FN4O2. The number of carbonyl (C=O) groups is 1. The van der Waals surface area contributed by atoms with Crippen LogP contribution in [-0.2, 0) is 24.8 Å². The van der Waals surface area contributed by atoms with Gasteiger partial charge in [0.05, 0.1) is 29.4 Å². The van der Waals surface area contributed by atoms with Crippen LogP contribution in [0.2, 0.25) is 0 Å². The second kappa shape index (κ2) is 7.16. The van der Waals surface area contributed by atoms with Gasteiger partial charge >= 0.3 is 5.97 Å². The molecule has 0 amide bonds. The smallest absolute Gasteiger partial charge is 0.340 e. The van der Waals surface area contributed by atoms with Crippen molar-refractivity contribution >= 4 is 28.0 Å². The number of halogens is 1. The molecule has 7 heteroatoms. The first-order valence-corrected chi connectivity index (χ1v) is 9.33. The third-order valence-corrected chi connectivity index (χ3v) is 5.08. The monoisotopic (exact) mass is 392 g/mol. The molecule has 0 fully saturated rings. The van der Waals surface area contributed by atoms with E-state index >= 15 is 0 Å². The number of methoxy groups -OCH3 is 1. The van der Waals surface area contributed by atoms with Gasteiger partial charge in [-0.05, 0) is 30.7 Å². The summed E-state index contributed by atoms with van der Waals surface area (Å²) in [6, 6.07) is 8.81. The zero-order chi connectivity index (χ0) is 20.7. The van der Waals surface area contributed by atoms with Crippen LogP contribution >= 0.6 is 0 Å². The zero-order valence-corrected chi connectivity index (χ0v) is 16.6. The molecule has 0 atom stereocenters. The van der Waals surface area contributed by atoms with Gasteiger partial charge in [0.25, 0.3) is 0 Å². The number of rotatable bonds is 5. The Morgan fingerprint density at radius 3 is 2.76 bits per heavy atom. The molecular weight excluding hydrogens is 371 g/mol. The van der Waals surface area contributed by atoms with E-state index in [1.54, 1.807) is 6.08 Å². The van der Waals surface area contributed by atoms with Crippen molar-refractivity contribution in [1.29, 1.82) is 0 Å². The molecule has 148 valence electrons. The number of imidazole rings is 1. The number of esters is 1. The lowest BCUT2D eigenvalue weighted by Gasteiger charge is -2.08. The molecule has 0 aliphatic rings. The highest BCUT2D eigenvalue weighted by molar-refractivity contribution is 5.95. The van der Waals surface area contributed by atoms with Gasteiger partial charge < -0.3 is 13.9 Å². The fraction of sp³-hybridized carbons (Fsp3) is 0.227. The van der Waals surface area contributed by atoms with E-state index in [2.05, 4.69) is 23.2 Å². The quantitative estimate of drug-likeness (QED) is 0.376. The van der Waals surface area contributed by atoms with Crippen LogP contribution in [0.3, 0.4) is 0 Å². The van der Waals surface area contributed by atoms with Gasteiger partial charge in [-0.25, -0.2) is 19.2 Å². The molecule has 1 aromatic carbocycles. The molecule has 0 spiro atoms. The third kappa shape index (κ3) is 2.99. The Balaban J connectivity index is 1.97. The van der Waals surface area contributed by atoms with Gasteiger partial charge in [-0.1, -0.05) is 13.0 Å². The molecule has 0 saturated carbocycles. The SMILES string of the molecule is C=CCn1c(-c2nc3cc(C(=O)OC)c(F)cc3n2C)cc2ccc(CC)nc21. The summed E-state index contributed by atoms with van der Waals surface area (Å²) in [4.78, 5) is 21.3. The molecule has 0 aliphatic heterocycles. The van der Waals surface area contributed by atoms with Gasteiger partial charge in [0.15, 0.2) is 5.82 Å². The largest absolute Gasteiger partial charge is 0.465 e. The number of nitrogens with zero attached hydrogens (tertiary/aromatic N) is 4. The van der Waals surface area contributed by atoms with Gasteiger partial charge in [-0.15, -0.1) is 6.58 Å². The first-order chi connectivity index (χ1) is 14.0. The van der Waals surface area contributed by atoms with Gasteiger partial charge in [0, 0.05) is 30.7 Å². The molecule has 4 aromatic rings. The van der Waals surface area contributed by atoms with Crippen molar-refractivity contribution in [1.82, 2.24) is 19.1 Å². The lowest BCUT2D eigenvalue weighted by molar-refractivity contribution is 0.0595. The lowest BCUT2D eigenvalue weighted by atomic mass is 10.2. The minimum atomic E-state index is -0.728. The molecule has 0 N–H and O–H groups in total. The summed E-state index contributed by atoms with van der Waals surface area (Å²) in [6.07, 6.45) is 2.65. The van der Waals surface area contributed by atoms with Crippen molar-refractivity contribution in [3.05, 3.63) is 60.1 Å². The lowest BCUT2D eigenvalue weighted by Crippen LogP contribution is -2.04. The topological polar surface area (TPSA) is 61.9 Å². The van der Waals surface area contributed by atoms with Gasteiger partial charge in [0.1, 0.15) is 11.5 Å².